The molecule has 2 aromatic carbocycles. The fourth-order valence-corrected chi connectivity index (χ4v) is 2.89. The van der Waals surface area contributed by atoms with Gasteiger partial charge in [0.05, 0.1) is 12.6 Å². The number of carbonyl (C=O) groups is 1. The standard InChI is InChI=1S/C20H21NO2/c1-14-5-3-4-6-18(14)15(2)21-20(22)10-8-16-7-9-19-17(13-16)11-12-23-19/h3-10,13,15H,11-12H2,1-2H3,(H,21,22)/b10-8+. The van der Waals surface area contributed by atoms with Gasteiger partial charge in [0.2, 0.25) is 5.91 Å². The molecule has 118 valence electrons. The smallest absolute Gasteiger partial charge is 0.244 e. The molecule has 1 atom stereocenters. The van der Waals surface area contributed by atoms with E-state index < -0.39 is 0 Å². The number of ether oxygens (including phenoxy) is 1. The van der Waals surface area contributed by atoms with Gasteiger partial charge in [-0.05, 0) is 54.3 Å². The Balaban J connectivity index is 1.64. The molecule has 3 heteroatoms. The monoisotopic (exact) mass is 307 g/mol. The Bertz CT molecular complexity index is 749. The third-order valence-electron chi connectivity index (χ3n) is 4.15. The van der Waals surface area contributed by atoms with Gasteiger partial charge in [-0.2, -0.15) is 0 Å². The van der Waals surface area contributed by atoms with Crippen LogP contribution in [0.1, 0.15) is 35.2 Å². The quantitative estimate of drug-likeness (QED) is 0.872. The van der Waals surface area contributed by atoms with Gasteiger partial charge in [-0.25, -0.2) is 0 Å². The van der Waals surface area contributed by atoms with Crippen LogP contribution in [-0.2, 0) is 11.2 Å². The van der Waals surface area contributed by atoms with Crippen LogP contribution in [0.3, 0.4) is 0 Å². The van der Waals surface area contributed by atoms with E-state index in [0.29, 0.717) is 0 Å². The highest BCUT2D eigenvalue weighted by Crippen LogP contribution is 2.26. The summed E-state index contributed by atoms with van der Waals surface area (Å²) in [5, 5.41) is 3.01. The van der Waals surface area contributed by atoms with E-state index in [1.807, 2.05) is 43.3 Å². The van der Waals surface area contributed by atoms with E-state index in [2.05, 4.69) is 24.4 Å². The van der Waals surface area contributed by atoms with Crippen LogP contribution in [0, 0.1) is 6.92 Å². The molecule has 1 heterocycles. The minimum Gasteiger partial charge on any atom is -0.493 e. The minimum atomic E-state index is -0.0856. The number of carbonyl (C=O) groups excluding carboxylic acids is 1. The Morgan fingerprint density at radius 3 is 2.91 bits per heavy atom. The molecule has 0 radical (unpaired) electrons. The van der Waals surface area contributed by atoms with Crippen molar-refractivity contribution in [1.82, 2.24) is 5.32 Å². The predicted octanol–water partition coefficient (Wildman–Crippen LogP) is 3.82. The molecule has 23 heavy (non-hydrogen) atoms. The van der Waals surface area contributed by atoms with Crippen LogP contribution in [0.25, 0.3) is 6.08 Å². The lowest BCUT2D eigenvalue weighted by Crippen LogP contribution is -2.25. The van der Waals surface area contributed by atoms with Crippen LogP contribution in [0.15, 0.2) is 48.5 Å². The van der Waals surface area contributed by atoms with Crippen molar-refractivity contribution < 1.29 is 9.53 Å². The molecule has 3 nitrogen and oxygen atoms in total. The molecular weight excluding hydrogens is 286 g/mol. The number of benzene rings is 2. The zero-order valence-corrected chi connectivity index (χ0v) is 13.5. The van der Waals surface area contributed by atoms with Crippen LogP contribution >= 0.6 is 0 Å². The molecule has 1 N–H and O–H groups in total. The lowest BCUT2D eigenvalue weighted by molar-refractivity contribution is -0.117. The summed E-state index contributed by atoms with van der Waals surface area (Å²) in [7, 11) is 0. The maximum atomic E-state index is 12.1. The molecule has 0 aromatic heterocycles. The van der Waals surface area contributed by atoms with E-state index >= 15 is 0 Å². The van der Waals surface area contributed by atoms with Gasteiger partial charge in [-0.3, -0.25) is 4.79 Å². The molecule has 1 amide bonds. The summed E-state index contributed by atoms with van der Waals surface area (Å²) in [5.74, 6) is 0.872. The highest BCUT2D eigenvalue weighted by atomic mass is 16.5. The van der Waals surface area contributed by atoms with Gasteiger partial charge in [-0.1, -0.05) is 30.3 Å². The summed E-state index contributed by atoms with van der Waals surface area (Å²) >= 11 is 0. The van der Waals surface area contributed by atoms with Crippen molar-refractivity contribution in [1.29, 1.82) is 0 Å². The van der Waals surface area contributed by atoms with Crippen molar-refractivity contribution in [3.8, 4) is 5.75 Å². The third-order valence-corrected chi connectivity index (χ3v) is 4.15. The fourth-order valence-electron chi connectivity index (χ4n) is 2.89. The highest BCUT2D eigenvalue weighted by Gasteiger charge is 2.12. The summed E-state index contributed by atoms with van der Waals surface area (Å²) in [6, 6.07) is 14.1. The van der Waals surface area contributed by atoms with Crippen LogP contribution in [0.5, 0.6) is 5.75 Å². The van der Waals surface area contributed by atoms with Gasteiger partial charge in [0, 0.05) is 12.5 Å². The summed E-state index contributed by atoms with van der Waals surface area (Å²) in [5.41, 5.74) is 4.56. The van der Waals surface area contributed by atoms with Crippen molar-refractivity contribution in [3.63, 3.8) is 0 Å². The molecule has 3 rings (SSSR count). The van der Waals surface area contributed by atoms with E-state index in [1.54, 1.807) is 6.08 Å². The number of hydrogen-bond acceptors (Lipinski definition) is 2. The normalized spacial score (nSPS) is 14.3. The van der Waals surface area contributed by atoms with E-state index in [4.69, 9.17) is 4.74 Å². The van der Waals surface area contributed by atoms with Crippen LogP contribution in [0.2, 0.25) is 0 Å². The second-order valence-electron chi connectivity index (χ2n) is 5.89. The maximum absolute atomic E-state index is 12.1. The SMILES string of the molecule is Cc1ccccc1C(C)NC(=O)/C=C/c1ccc2c(c1)CCO2. The van der Waals surface area contributed by atoms with Crippen molar-refractivity contribution in [2.24, 2.45) is 0 Å². The van der Waals surface area contributed by atoms with Crippen LogP contribution in [0.4, 0.5) is 0 Å². The summed E-state index contributed by atoms with van der Waals surface area (Å²) < 4.78 is 5.49. The van der Waals surface area contributed by atoms with Crippen molar-refractivity contribution in [3.05, 3.63) is 70.8 Å². The molecule has 0 spiro atoms. The Hall–Kier alpha value is -2.55. The average Bonchev–Trinajstić information content (AvgIpc) is 3.01. The molecule has 1 unspecified atom stereocenters. The zero-order chi connectivity index (χ0) is 16.2. The number of aryl methyl sites for hydroxylation is 1. The molecule has 1 aliphatic heterocycles. The lowest BCUT2D eigenvalue weighted by atomic mass is 10.0. The van der Waals surface area contributed by atoms with Gasteiger partial charge in [-0.15, -0.1) is 0 Å². The van der Waals surface area contributed by atoms with E-state index in [0.717, 1.165) is 29.9 Å². The van der Waals surface area contributed by atoms with Gasteiger partial charge in [0.25, 0.3) is 0 Å². The summed E-state index contributed by atoms with van der Waals surface area (Å²) in [6.07, 6.45) is 4.37. The Morgan fingerprint density at radius 2 is 2.09 bits per heavy atom. The molecule has 0 saturated carbocycles. The van der Waals surface area contributed by atoms with Crippen molar-refractivity contribution >= 4 is 12.0 Å². The number of fused-ring (bicyclic) bond motifs is 1. The highest BCUT2D eigenvalue weighted by molar-refractivity contribution is 5.92. The van der Waals surface area contributed by atoms with E-state index in [9.17, 15) is 4.79 Å². The van der Waals surface area contributed by atoms with Crippen LogP contribution in [-0.4, -0.2) is 12.5 Å². The van der Waals surface area contributed by atoms with Crippen LogP contribution < -0.4 is 10.1 Å². The van der Waals surface area contributed by atoms with Gasteiger partial charge in [0.1, 0.15) is 5.75 Å². The predicted molar refractivity (Wildman–Crippen MR) is 92.4 cm³/mol. The number of rotatable bonds is 4. The molecule has 0 aliphatic carbocycles. The maximum Gasteiger partial charge on any atom is 0.244 e. The van der Waals surface area contributed by atoms with Gasteiger partial charge in [0.15, 0.2) is 0 Å². The molecular formula is C20H21NO2. The zero-order valence-electron chi connectivity index (χ0n) is 13.5. The molecule has 1 aliphatic rings. The summed E-state index contributed by atoms with van der Waals surface area (Å²) in [4.78, 5) is 12.1. The lowest BCUT2D eigenvalue weighted by Gasteiger charge is -2.15. The first-order chi connectivity index (χ1) is 11.1. The Morgan fingerprint density at radius 1 is 1.26 bits per heavy atom. The Labute approximate surface area is 137 Å². The number of amides is 1. The van der Waals surface area contributed by atoms with Crippen molar-refractivity contribution in [2.45, 2.75) is 26.3 Å². The van der Waals surface area contributed by atoms with Gasteiger partial charge < -0.3 is 10.1 Å². The largest absolute Gasteiger partial charge is 0.493 e. The topological polar surface area (TPSA) is 38.3 Å². The first kappa shape index (κ1) is 15.3. The second kappa shape index (κ2) is 6.69. The van der Waals surface area contributed by atoms with E-state index in [-0.39, 0.29) is 11.9 Å². The molecule has 0 fully saturated rings. The average molecular weight is 307 g/mol. The molecule has 0 saturated heterocycles. The second-order valence-corrected chi connectivity index (χ2v) is 5.89. The van der Waals surface area contributed by atoms with Gasteiger partial charge >= 0.3 is 0 Å². The van der Waals surface area contributed by atoms with Crippen molar-refractivity contribution in [2.75, 3.05) is 6.61 Å². The molecule has 2 aromatic rings. The first-order valence-electron chi connectivity index (χ1n) is 7.93. The Kier molecular flexibility index (Phi) is 4.47. The summed E-state index contributed by atoms with van der Waals surface area (Å²) in [6.45, 7) is 4.80. The molecule has 0 bridgehead atoms. The van der Waals surface area contributed by atoms with E-state index in [1.165, 1.54) is 11.1 Å². The number of hydrogen-bond donors (Lipinski definition) is 1. The first-order valence-corrected chi connectivity index (χ1v) is 7.93. The number of nitrogens with one attached hydrogen (secondary N) is 1. The third kappa shape index (κ3) is 3.62. The minimum absolute atomic E-state index is 0.0122. The fraction of sp³-hybridized carbons (Fsp3) is 0.250.